The van der Waals surface area contributed by atoms with Gasteiger partial charge in [0.05, 0.1) is 11.1 Å². The molecule has 2 aromatic rings. The largest absolute Gasteiger partial charge is 0.381 e. The minimum atomic E-state index is -0.106. The summed E-state index contributed by atoms with van der Waals surface area (Å²) in [5, 5.41) is 7.77. The van der Waals surface area contributed by atoms with Gasteiger partial charge in [-0.15, -0.1) is 0 Å². The maximum absolute atomic E-state index is 13.3. The van der Waals surface area contributed by atoms with Gasteiger partial charge in [-0.1, -0.05) is 0 Å². The molecule has 7 nitrogen and oxygen atoms in total. The van der Waals surface area contributed by atoms with Crippen LogP contribution in [0.2, 0.25) is 0 Å². The number of hydrogen-bond acceptors (Lipinski definition) is 4. The number of nitrogens with one attached hydrogen (secondary N) is 1. The normalized spacial score (nSPS) is 31.1. The molecule has 33 heavy (non-hydrogen) atoms. The van der Waals surface area contributed by atoms with Gasteiger partial charge in [0.25, 0.3) is 11.8 Å². The molecule has 4 saturated carbocycles. The third kappa shape index (κ3) is 3.84. The molecule has 5 aliphatic rings. The summed E-state index contributed by atoms with van der Waals surface area (Å²) in [5.41, 5.74) is 1.94. The summed E-state index contributed by atoms with van der Waals surface area (Å²) < 4.78 is 7.08. The van der Waals surface area contributed by atoms with Crippen LogP contribution in [-0.4, -0.2) is 59.2 Å². The van der Waals surface area contributed by atoms with Crippen molar-refractivity contribution in [1.82, 2.24) is 19.8 Å². The van der Waals surface area contributed by atoms with Crippen LogP contribution in [0.3, 0.4) is 0 Å². The van der Waals surface area contributed by atoms with Crippen molar-refractivity contribution >= 4 is 17.3 Å². The van der Waals surface area contributed by atoms with Crippen LogP contribution in [0.5, 0.6) is 0 Å². The molecule has 1 aliphatic heterocycles. The smallest absolute Gasteiger partial charge is 0.274 e. The highest BCUT2D eigenvalue weighted by atomic mass is 16.5. The molecule has 7 heteroatoms. The molecular weight excluding hydrogens is 416 g/mol. The third-order valence-electron chi connectivity index (χ3n) is 8.81. The molecule has 176 valence electrons. The van der Waals surface area contributed by atoms with Crippen LogP contribution < -0.4 is 5.32 Å². The number of carbonyl (C=O) groups is 2. The maximum atomic E-state index is 13.3. The van der Waals surface area contributed by atoms with Crippen LogP contribution in [-0.2, 0) is 4.74 Å². The summed E-state index contributed by atoms with van der Waals surface area (Å²) in [5.74, 6) is 2.44. The Bertz CT molecular complexity index is 1040. The molecule has 2 aromatic heterocycles. The molecule has 3 heterocycles. The van der Waals surface area contributed by atoms with Crippen LogP contribution >= 0.6 is 0 Å². The van der Waals surface area contributed by atoms with E-state index in [9.17, 15) is 9.59 Å². The number of amides is 2. The van der Waals surface area contributed by atoms with Crippen molar-refractivity contribution in [3.05, 3.63) is 35.7 Å². The second-order valence-corrected chi connectivity index (χ2v) is 11.1. The second-order valence-electron chi connectivity index (χ2n) is 11.1. The molecule has 0 radical (unpaired) electrons. The third-order valence-corrected chi connectivity index (χ3v) is 8.81. The fourth-order valence-corrected chi connectivity index (χ4v) is 7.60. The van der Waals surface area contributed by atoms with Crippen LogP contribution in [0.25, 0.3) is 5.52 Å². The molecule has 0 unspecified atom stereocenters. The zero-order valence-corrected chi connectivity index (χ0v) is 19.5. The van der Waals surface area contributed by atoms with E-state index in [1.807, 2.05) is 19.2 Å². The van der Waals surface area contributed by atoms with Crippen molar-refractivity contribution in [1.29, 1.82) is 0 Å². The van der Waals surface area contributed by atoms with Gasteiger partial charge < -0.3 is 15.0 Å². The Kier molecular flexibility index (Phi) is 5.20. The number of nitrogens with zero attached hydrogens (tertiary/aromatic N) is 3. The Hall–Kier alpha value is -2.41. The predicted molar refractivity (Wildman–Crippen MR) is 124 cm³/mol. The van der Waals surface area contributed by atoms with Crippen LogP contribution in [0.1, 0.15) is 72.2 Å². The SMILES string of the molecule is CN(C(=O)c1cc2c(C(=O)NCC34CC5CC(CC(C5)C3)C4)cccn2n1)C1CCOCC1. The Labute approximate surface area is 194 Å². The van der Waals surface area contributed by atoms with Gasteiger partial charge in [0, 0.05) is 39.0 Å². The van der Waals surface area contributed by atoms with Crippen molar-refractivity contribution < 1.29 is 14.3 Å². The van der Waals surface area contributed by atoms with Crippen molar-refractivity contribution in [2.24, 2.45) is 23.2 Å². The van der Waals surface area contributed by atoms with Crippen molar-refractivity contribution in [3.8, 4) is 0 Å². The first-order valence-electron chi connectivity index (χ1n) is 12.6. The topological polar surface area (TPSA) is 75.9 Å². The Morgan fingerprint density at radius 1 is 1.15 bits per heavy atom. The van der Waals surface area contributed by atoms with E-state index >= 15 is 0 Å². The Morgan fingerprint density at radius 2 is 1.82 bits per heavy atom. The van der Waals surface area contributed by atoms with E-state index in [4.69, 9.17) is 4.74 Å². The fraction of sp³-hybridized carbons (Fsp3) is 0.654. The van der Waals surface area contributed by atoms with E-state index in [2.05, 4.69) is 10.4 Å². The summed E-state index contributed by atoms with van der Waals surface area (Å²) in [6.07, 6.45) is 11.5. The minimum Gasteiger partial charge on any atom is -0.381 e. The lowest BCUT2D eigenvalue weighted by atomic mass is 9.49. The molecule has 1 N–H and O–H groups in total. The number of carbonyl (C=O) groups excluding carboxylic acids is 2. The lowest BCUT2D eigenvalue weighted by Gasteiger charge is -2.56. The molecular formula is C26H34N4O3. The Morgan fingerprint density at radius 3 is 2.48 bits per heavy atom. The van der Waals surface area contributed by atoms with E-state index in [1.54, 1.807) is 21.7 Å². The molecule has 1 saturated heterocycles. The molecule has 7 rings (SSSR count). The van der Waals surface area contributed by atoms with E-state index in [-0.39, 0.29) is 17.9 Å². The first kappa shape index (κ1) is 21.1. The van der Waals surface area contributed by atoms with E-state index in [1.165, 1.54) is 38.5 Å². The van der Waals surface area contributed by atoms with Gasteiger partial charge in [-0.25, -0.2) is 4.52 Å². The average Bonchev–Trinajstić information content (AvgIpc) is 3.26. The monoisotopic (exact) mass is 450 g/mol. The molecule has 0 aromatic carbocycles. The molecule has 2 amide bonds. The van der Waals surface area contributed by atoms with Gasteiger partial charge >= 0.3 is 0 Å². The average molecular weight is 451 g/mol. The van der Waals surface area contributed by atoms with Gasteiger partial charge in [0.15, 0.2) is 5.69 Å². The Balaban J connectivity index is 1.18. The highest BCUT2D eigenvalue weighted by Crippen LogP contribution is 2.59. The first-order valence-corrected chi connectivity index (χ1v) is 12.6. The summed E-state index contributed by atoms with van der Waals surface area (Å²) >= 11 is 0. The van der Waals surface area contributed by atoms with Crippen LogP contribution in [0, 0.1) is 23.2 Å². The van der Waals surface area contributed by atoms with Gasteiger partial charge in [0.2, 0.25) is 0 Å². The number of rotatable bonds is 5. The maximum Gasteiger partial charge on any atom is 0.274 e. The standard InChI is InChI=1S/C26H34N4O3/c1-29(20-4-7-33-8-5-20)25(32)22-12-23-21(3-2-6-30(23)28-22)24(31)27-16-26-13-17-9-18(14-26)11-19(10-17)15-26/h2-3,6,12,17-20H,4-5,7-11,13-16H2,1H3,(H,27,31). The van der Waals surface area contributed by atoms with Crippen molar-refractivity contribution in [3.63, 3.8) is 0 Å². The zero-order valence-electron chi connectivity index (χ0n) is 19.5. The summed E-state index contributed by atoms with van der Waals surface area (Å²) in [7, 11) is 1.83. The fourth-order valence-electron chi connectivity index (χ4n) is 7.60. The molecule has 4 aliphatic carbocycles. The predicted octanol–water partition coefficient (Wildman–Crippen LogP) is 3.53. The van der Waals surface area contributed by atoms with Gasteiger partial charge in [-0.3, -0.25) is 9.59 Å². The van der Waals surface area contributed by atoms with Crippen LogP contribution in [0.15, 0.2) is 24.4 Å². The number of hydrogen-bond donors (Lipinski definition) is 1. The lowest BCUT2D eigenvalue weighted by Crippen LogP contribution is -2.51. The number of pyridine rings is 1. The highest BCUT2D eigenvalue weighted by molar-refractivity contribution is 6.02. The van der Waals surface area contributed by atoms with Crippen molar-refractivity contribution in [2.45, 2.75) is 57.4 Å². The molecule has 0 spiro atoms. The minimum absolute atomic E-state index is 0.0620. The molecule has 4 bridgehead atoms. The summed E-state index contributed by atoms with van der Waals surface area (Å²) in [6, 6.07) is 5.59. The molecule has 5 fully saturated rings. The summed E-state index contributed by atoms with van der Waals surface area (Å²) in [6.45, 7) is 2.13. The second kappa shape index (κ2) is 8.12. The lowest BCUT2D eigenvalue weighted by molar-refractivity contribution is -0.0503. The zero-order chi connectivity index (χ0) is 22.6. The first-order chi connectivity index (χ1) is 16.0. The summed E-state index contributed by atoms with van der Waals surface area (Å²) in [4.78, 5) is 28.1. The quantitative estimate of drug-likeness (QED) is 0.756. The van der Waals surface area contributed by atoms with Gasteiger partial charge in [-0.2, -0.15) is 5.10 Å². The van der Waals surface area contributed by atoms with Crippen molar-refractivity contribution in [2.75, 3.05) is 26.8 Å². The number of aromatic nitrogens is 2. The number of fused-ring (bicyclic) bond motifs is 1. The van der Waals surface area contributed by atoms with Gasteiger partial charge in [-0.05, 0) is 92.7 Å². The van der Waals surface area contributed by atoms with E-state index < -0.39 is 0 Å². The molecule has 0 atom stereocenters. The number of ether oxygens (including phenoxy) is 1. The van der Waals surface area contributed by atoms with E-state index in [0.29, 0.717) is 35.4 Å². The van der Waals surface area contributed by atoms with Crippen LogP contribution in [0.4, 0.5) is 0 Å². The van der Waals surface area contributed by atoms with Gasteiger partial charge in [0.1, 0.15) is 0 Å². The van der Waals surface area contributed by atoms with E-state index in [0.717, 1.165) is 37.1 Å². The highest BCUT2D eigenvalue weighted by Gasteiger charge is 2.50.